The SMILES string of the molecule is CCc1nc(NC)cc(-c2ccc3c(c2)OCCCO3)n1. The minimum absolute atomic E-state index is 0.683. The van der Waals surface area contributed by atoms with E-state index in [2.05, 4.69) is 15.3 Å². The van der Waals surface area contributed by atoms with Crippen LogP contribution in [0.5, 0.6) is 11.5 Å². The Hall–Kier alpha value is -2.30. The summed E-state index contributed by atoms with van der Waals surface area (Å²) >= 11 is 0. The van der Waals surface area contributed by atoms with Gasteiger partial charge in [0.05, 0.1) is 18.9 Å². The van der Waals surface area contributed by atoms with Crippen LogP contribution in [0.25, 0.3) is 11.3 Å². The third-order valence-electron chi connectivity index (χ3n) is 3.39. The number of nitrogens with one attached hydrogen (secondary N) is 1. The monoisotopic (exact) mass is 285 g/mol. The van der Waals surface area contributed by atoms with Crippen LogP contribution >= 0.6 is 0 Å². The number of hydrogen-bond acceptors (Lipinski definition) is 5. The van der Waals surface area contributed by atoms with Crippen LogP contribution in [0.2, 0.25) is 0 Å². The Morgan fingerprint density at radius 1 is 1.10 bits per heavy atom. The van der Waals surface area contributed by atoms with Crippen molar-refractivity contribution in [1.29, 1.82) is 0 Å². The second kappa shape index (κ2) is 5.99. The quantitative estimate of drug-likeness (QED) is 0.939. The van der Waals surface area contributed by atoms with Gasteiger partial charge in [-0.05, 0) is 18.2 Å². The van der Waals surface area contributed by atoms with Gasteiger partial charge in [-0.25, -0.2) is 9.97 Å². The van der Waals surface area contributed by atoms with Gasteiger partial charge in [-0.1, -0.05) is 6.92 Å². The fourth-order valence-corrected chi connectivity index (χ4v) is 2.25. The molecule has 0 bridgehead atoms. The number of aromatic nitrogens is 2. The van der Waals surface area contributed by atoms with Crippen LogP contribution in [0.15, 0.2) is 24.3 Å². The lowest BCUT2D eigenvalue weighted by atomic mass is 10.1. The minimum atomic E-state index is 0.683. The molecule has 3 rings (SSSR count). The molecule has 2 aromatic rings. The van der Waals surface area contributed by atoms with E-state index < -0.39 is 0 Å². The zero-order valence-electron chi connectivity index (χ0n) is 12.3. The molecule has 1 N–H and O–H groups in total. The van der Waals surface area contributed by atoms with Crippen LogP contribution in [-0.4, -0.2) is 30.2 Å². The highest BCUT2D eigenvalue weighted by Crippen LogP contribution is 2.34. The smallest absolute Gasteiger partial charge is 0.161 e. The van der Waals surface area contributed by atoms with E-state index in [4.69, 9.17) is 9.47 Å². The molecule has 0 unspecified atom stereocenters. The first-order valence-electron chi connectivity index (χ1n) is 7.26. The van der Waals surface area contributed by atoms with Gasteiger partial charge in [-0.2, -0.15) is 0 Å². The van der Waals surface area contributed by atoms with Crippen LogP contribution in [0.3, 0.4) is 0 Å². The molecule has 0 aliphatic carbocycles. The van der Waals surface area contributed by atoms with Crippen molar-refractivity contribution in [3.63, 3.8) is 0 Å². The average molecular weight is 285 g/mol. The lowest BCUT2D eigenvalue weighted by molar-refractivity contribution is 0.297. The summed E-state index contributed by atoms with van der Waals surface area (Å²) in [5.41, 5.74) is 1.90. The average Bonchev–Trinajstić information content (AvgIpc) is 2.78. The maximum absolute atomic E-state index is 5.74. The van der Waals surface area contributed by atoms with Crippen molar-refractivity contribution in [2.24, 2.45) is 0 Å². The van der Waals surface area contributed by atoms with Gasteiger partial charge in [0.25, 0.3) is 0 Å². The lowest BCUT2D eigenvalue weighted by Crippen LogP contribution is -2.01. The highest BCUT2D eigenvalue weighted by molar-refractivity contribution is 5.66. The molecule has 1 aliphatic heterocycles. The van der Waals surface area contributed by atoms with Crippen molar-refractivity contribution < 1.29 is 9.47 Å². The number of nitrogens with zero attached hydrogens (tertiary/aromatic N) is 2. The van der Waals surface area contributed by atoms with Gasteiger partial charge in [0, 0.05) is 31.5 Å². The Bertz CT molecular complexity index is 621. The number of anilines is 1. The molecule has 5 nitrogen and oxygen atoms in total. The molecule has 5 heteroatoms. The summed E-state index contributed by atoms with van der Waals surface area (Å²) in [5, 5.41) is 3.08. The summed E-state index contributed by atoms with van der Waals surface area (Å²) in [4.78, 5) is 9.02. The maximum Gasteiger partial charge on any atom is 0.161 e. The van der Waals surface area contributed by atoms with Crippen LogP contribution < -0.4 is 14.8 Å². The van der Waals surface area contributed by atoms with E-state index in [0.29, 0.717) is 13.2 Å². The number of hydrogen-bond donors (Lipinski definition) is 1. The molecule has 0 atom stereocenters. The Morgan fingerprint density at radius 2 is 1.90 bits per heavy atom. The van der Waals surface area contributed by atoms with E-state index in [9.17, 15) is 0 Å². The number of ether oxygens (including phenoxy) is 2. The maximum atomic E-state index is 5.74. The molecular formula is C16H19N3O2. The first kappa shape index (κ1) is 13.7. The molecule has 0 radical (unpaired) electrons. The van der Waals surface area contributed by atoms with Gasteiger partial charge in [0.15, 0.2) is 11.5 Å². The summed E-state index contributed by atoms with van der Waals surface area (Å²) in [7, 11) is 1.86. The number of benzene rings is 1. The molecule has 1 aliphatic rings. The highest BCUT2D eigenvalue weighted by atomic mass is 16.5. The summed E-state index contributed by atoms with van der Waals surface area (Å²) in [6, 6.07) is 7.89. The largest absolute Gasteiger partial charge is 0.490 e. The van der Waals surface area contributed by atoms with E-state index in [0.717, 1.165) is 47.2 Å². The lowest BCUT2D eigenvalue weighted by Gasteiger charge is -2.10. The number of aryl methyl sites for hydroxylation is 1. The highest BCUT2D eigenvalue weighted by Gasteiger charge is 2.13. The molecule has 2 heterocycles. The van der Waals surface area contributed by atoms with Crippen molar-refractivity contribution in [2.75, 3.05) is 25.6 Å². The molecule has 0 fully saturated rings. The zero-order valence-corrected chi connectivity index (χ0v) is 12.3. The predicted molar refractivity (Wildman–Crippen MR) is 82.0 cm³/mol. The molecule has 1 aromatic heterocycles. The molecule has 21 heavy (non-hydrogen) atoms. The van der Waals surface area contributed by atoms with Crippen molar-refractivity contribution in [1.82, 2.24) is 9.97 Å². The van der Waals surface area contributed by atoms with Gasteiger partial charge in [0.1, 0.15) is 11.6 Å². The van der Waals surface area contributed by atoms with E-state index in [1.165, 1.54) is 0 Å². The van der Waals surface area contributed by atoms with E-state index >= 15 is 0 Å². The topological polar surface area (TPSA) is 56.3 Å². The molecule has 0 spiro atoms. The third kappa shape index (κ3) is 2.91. The standard InChI is InChI=1S/C16H19N3O2/c1-3-15-18-12(10-16(17-2)19-15)11-5-6-13-14(9-11)21-8-4-7-20-13/h5-6,9-10H,3-4,7-8H2,1-2H3,(H,17,18,19). The Morgan fingerprint density at radius 3 is 2.67 bits per heavy atom. The van der Waals surface area contributed by atoms with Crippen molar-refractivity contribution >= 4 is 5.82 Å². The van der Waals surface area contributed by atoms with E-state index in [-0.39, 0.29) is 0 Å². The van der Waals surface area contributed by atoms with Gasteiger partial charge in [-0.3, -0.25) is 0 Å². The molecule has 0 amide bonds. The molecule has 0 saturated heterocycles. The van der Waals surface area contributed by atoms with Crippen molar-refractivity contribution in [3.05, 3.63) is 30.1 Å². The summed E-state index contributed by atoms with van der Waals surface area (Å²) in [5.74, 6) is 3.23. The molecule has 0 saturated carbocycles. The van der Waals surface area contributed by atoms with Gasteiger partial charge in [0.2, 0.25) is 0 Å². The van der Waals surface area contributed by atoms with Crippen LogP contribution in [0.1, 0.15) is 19.2 Å². The summed E-state index contributed by atoms with van der Waals surface area (Å²) in [6.07, 6.45) is 1.70. The van der Waals surface area contributed by atoms with E-state index in [1.807, 2.05) is 38.2 Å². The third-order valence-corrected chi connectivity index (χ3v) is 3.39. The van der Waals surface area contributed by atoms with E-state index in [1.54, 1.807) is 0 Å². The first-order chi connectivity index (χ1) is 10.3. The Kier molecular flexibility index (Phi) is 3.90. The van der Waals surface area contributed by atoms with Crippen molar-refractivity contribution in [2.45, 2.75) is 19.8 Å². The fourth-order valence-electron chi connectivity index (χ4n) is 2.25. The zero-order chi connectivity index (χ0) is 14.7. The Balaban J connectivity index is 2.02. The predicted octanol–water partition coefficient (Wildman–Crippen LogP) is 2.91. The number of fused-ring (bicyclic) bond motifs is 1. The van der Waals surface area contributed by atoms with Gasteiger partial charge in [-0.15, -0.1) is 0 Å². The van der Waals surface area contributed by atoms with Crippen LogP contribution in [0, 0.1) is 0 Å². The summed E-state index contributed by atoms with van der Waals surface area (Å²) in [6.45, 7) is 3.43. The van der Waals surface area contributed by atoms with Crippen LogP contribution in [-0.2, 0) is 6.42 Å². The van der Waals surface area contributed by atoms with Crippen LogP contribution in [0.4, 0.5) is 5.82 Å². The van der Waals surface area contributed by atoms with Crippen molar-refractivity contribution in [3.8, 4) is 22.8 Å². The Labute approximate surface area is 124 Å². The normalized spacial score (nSPS) is 13.6. The molecular weight excluding hydrogens is 266 g/mol. The summed E-state index contributed by atoms with van der Waals surface area (Å²) < 4.78 is 11.4. The number of rotatable bonds is 3. The second-order valence-corrected chi connectivity index (χ2v) is 4.87. The minimum Gasteiger partial charge on any atom is -0.490 e. The first-order valence-corrected chi connectivity index (χ1v) is 7.26. The van der Waals surface area contributed by atoms with Gasteiger partial charge < -0.3 is 14.8 Å². The molecule has 110 valence electrons. The second-order valence-electron chi connectivity index (χ2n) is 4.87. The molecule has 1 aromatic carbocycles. The fraction of sp³-hybridized carbons (Fsp3) is 0.375. The van der Waals surface area contributed by atoms with Gasteiger partial charge >= 0.3 is 0 Å².